The first kappa shape index (κ1) is 16.4. The molecule has 0 radical (unpaired) electrons. The van der Waals surface area contributed by atoms with Gasteiger partial charge in [0.2, 0.25) is 5.91 Å². The fourth-order valence-corrected chi connectivity index (χ4v) is 2.16. The zero-order valence-electron chi connectivity index (χ0n) is 12.4. The molecule has 0 aliphatic carbocycles. The van der Waals surface area contributed by atoms with Crippen LogP contribution >= 0.6 is 0 Å². The number of ketones is 1. The lowest BCUT2D eigenvalue weighted by molar-refractivity contribution is -0.142. The van der Waals surface area contributed by atoms with Crippen LogP contribution in [-0.2, 0) is 9.59 Å². The van der Waals surface area contributed by atoms with Crippen LogP contribution in [-0.4, -0.2) is 22.8 Å². The van der Waals surface area contributed by atoms with Gasteiger partial charge in [-0.15, -0.1) is 0 Å². The molecule has 0 saturated heterocycles. The van der Waals surface area contributed by atoms with E-state index < -0.39 is 17.9 Å². The molecule has 0 aliphatic rings. The van der Waals surface area contributed by atoms with Crippen LogP contribution in [0.25, 0.3) is 0 Å². The molecule has 5 nitrogen and oxygen atoms in total. The summed E-state index contributed by atoms with van der Waals surface area (Å²) in [6.45, 7) is 0. The summed E-state index contributed by atoms with van der Waals surface area (Å²) in [7, 11) is 0. The van der Waals surface area contributed by atoms with E-state index in [1.807, 2.05) is 0 Å². The van der Waals surface area contributed by atoms with E-state index in [1.165, 1.54) is 0 Å². The first-order valence-corrected chi connectivity index (χ1v) is 7.23. The first-order chi connectivity index (χ1) is 11.1. The average Bonchev–Trinajstić information content (AvgIpc) is 2.58. The topological polar surface area (TPSA) is 83.5 Å². The van der Waals surface area contributed by atoms with E-state index in [2.05, 4.69) is 5.32 Å². The van der Waals surface area contributed by atoms with Crippen molar-refractivity contribution < 1.29 is 19.5 Å². The lowest BCUT2D eigenvalue weighted by Gasteiger charge is -2.14. The molecule has 0 spiro atoms. The standard InChI is InChI=1S/C18H17NO4/c20-15(13-7-3-1-4-8-13)11-12-16(21)19-17(18(22)23)14-9-5-2-6-10-14/h1-10,17H,11-12H2,(H,19,21)(H,22,23)/t17-/m0/s1. The second-order valence-electron chi connectivity index (χ2n) is 5.04. The number of nitrogens with one attached hydrogen (secondary N) is 1. The minimum absolute atomic E-state index is 0.0387. The van der Waals surface area contributed by atoms with Crippen molar-refractivity contribution in [2.24, 2.45) is 0 Å². The molecule has 118 valence electrons. The smallest absolute Gasteiger partial charge is 0.330 e. The predicted octanol–water partition coefficient (Wildman–Crippen LogP) is 2.59. The van der Waals surface area contributed by atoms with Gasteiger partial charge < -0.3 is 10.4 Å². The summed E-state index contributed by atoms with van der Waals surface area (Å²) in [6, 6.07) is 16.0. The molecular weight excluding hydrogens is 294 g/mol. The van der Waals surface area contributed by atoms with Gasteiger partial charge in [0.1, 0.15) is 0 Å². The molecule has 0 aliphatic heterocycles. The third-order valence-electron chi connectivity index (χ3n) is 3.36. The molecule has 23 heavy (non-hydrogen) atoms. The van der Waals surface area contributed by atoms with Crippen molar-refractivity contribution in [1.82, 2.24) is 5.32 Å². The maximum Gasteiger partial charge on any atom is 0.330 e. The molecule has 2 N–H and O–H groups in total. The Morgan fingerprint density at radius 2 is 1.43 bits per heavy atom. The fourth-order valence-electron chi connectivity index (χ4n) is 2.16. The van der Waals surface area contributed by atoms with Gasteiger partial charge in [0, 0.05) is 18.4 Å². The van der Waals surface area contributed by atoms with Crippen LogP contribution in [0.3, 0.4) is 0 Å². The average molecular weight is 311 g/mol. The third-order valence-corrected chi connectivity index (χ3v) is 3.36. The highest BCUT2D eigenvalue weighted by Crippen LogP contribution is 2.13. The highest BCUT2D eigenvalue weighted by atomic mass is 16.4. The number of hydrogen-bond donors (Lipinski definition) is 2. The second-order valence-corrected chi connectivity index (χ2v) is 5.04. The molecule has 1 amide bonds. The zero-order chi connectivity index (χ0) is 16.7. The molecule has 0 heterocycles. The van der Waals surface area contributed by atoms with E-state index in [1.54, 1.807) is 60.7 Å². The number of carboxylic acid groups (broad SMARTS) is 1. The Kier molecular flexibility index (Phi) is 5.63. The summed E-state index contributed by atoms with van der Waals surface area (Å²) in [6.07, 6.45) is -0.0126. The van der Waals surface area contributed by atoms with E-state index in [0.717, 1.165) is 0 Å². The van der Waals surface area contributed by atoms with Crippen LogP contribution in [0.2, 0.25) is 0 Å². The van der Waals surface area contributed by atoms with Crippen molar-refractivity contribution in [3.05, 3.63) is 71.8 Å². The molecule has 2 aromatic carbocycles. The Bertz CT molecular complexity index is 683. The van der Waals surface area contributed by atoms with E-state index >= 15 is 0 Å². The maximum absolute atomic E-state index is 11.9. The lowest BCUT2D eigenvalue weighted by Crippen LogP contribution is -2.33. The summed E-state index contributed by atoms with van der Waals surface area (Å²) in [5, 5.41) is 11.7. The van der Waals surface area contributed by atoms with Gasteiger partial charge in [-0.1, -0.05) is 60.7 Å². The van der Waals surface area contributed by atoms with Crippen molar-refractivity contribution >= 4 is 17.7 Å². The van der Waals surface area contributed by atoms with Crippen LogP contribution in [0.5, 0.6) is 0 Å². The molecule has 0 fully saturated rings. The summed E-state index contributed by atoms with van der Waals surface area (Å²) in [5.74, 6) is -1.75. The number of hydrogen-bond acceptors (Lipinski definition) is 3. The Labute approximate surface area is 134 Å². The molecule has 0 saturated carbocycles. The van der Waals surface area contributed by atoms with Gasteiger partial charge in [0.25, 0.3) is 0 Å². The zero-order valence-corrected chi connectivity index (χ0v) is 12.4. The number of benzene rings is 2. The second kappa shape index (κ2) is 7.89. The summed E-state index contributed by atoms with van der Waals surface area (Å²) in [5.41, 5.74) is 1.03. The largest absolute Gasteiger partial charge is 0.479 e. The fraction of sp³-hybridized carbons (Fsp3) is 0.167. The minimum atomic E-state index is -1.14. The molecule has 2 aromatic rings. The molecule has 2 rings (SSSR count). The monoisotopic (exact) mass is 311 g/mol. The number of rotatable bonds is 7. The van der Waals surface area contributed by atoms with E-state index in [0.29, 0.717) is 11.1 Å². The highest BCUT2D eigenvalue weighted by molar-refractivity contribution is 5.98. The molecule has 0 aromatic heterocycles. The predicted molar refractivity (Wildman–Crippen MR) is 85.0 cm³/mol. The van der Waals surface area contributed by atoms with E-state index in [9.17, 15) is 19.5 Å². The number of carbonyl (C=O) groups is 3. The quantitative estimate of drug-likeness (QED) is 0.770. The molecule has 5 heteroatoms. The van der Waals surface area contributed by atoms with Gasteiger partial charge in [-0.3, -0.25) is 9.59 Å². The molecule has 0 bridgehead atoms. The summed E-state index contributed by atoms with van der Waals surface area (Å²) in [4.78, 5) is 35.2. The molecule has 1 atom stereocenters. The SMILES string of the molecule is O=C(CCC(=O)c1ccccc1)N[C@H](C(=O)O)c1ccccc1. The lowest BCUT2D eigenvalue weighted by atomic mass is 10.0. The van der Waals surface area contributed by atoms with E-state index in [-0.39, 0.29) is 18.6 Å². The molecular formula is C18H17NO4. The Balaban J connectivity index is 1.93. The van der Waals surface area contributed by atoms with Gasteiger partial charge in [-0.25, -0.2) is 4.79 Å². The number of aliphatic carboxylic acids is 1. The van der Waals surface area contributed by atoms with Crippen molar-refractivity contribution in [3.8, 4) is 0 Å². The number of amides is 1. The van der Waals surface area contributed by atoms with Gasteiger partial charge in [-0.05, 0) is 5.56 Å². The van der Waals surface area contributed by atoms with Gasteiger partial charge >= 0.3 is 5.97 Å². The first-order valence-electron chi connectivity index (χ1n) is 7.23. The Morgan fingerprint density at radius 3 is 2.00 bits per heavy atom. The number of carboxylic acids is 1. The Hall–Kier alpha value is -2.95. The van der Waals surface area contributed by atoms with Gasteiger partial charge in [0.05, 0.1) is 0 Å². The highest BCUT2D eigenvalue weighted by Gasteiger charge is 2.22. The van der Waals surface area contributed by atoms with Crippen LogP contribution in [0, 0.1) is 0 Å². The third kappa shape index (κ3) is 4.78. The number of Topliss-reactive ketones (excluding diaryl/α,β-unsaturated/α-hetero) is 1. The van der Waals surface area contributed by atoms with Crippen molar-refractivity contribution in [3.63, 3.8) is 0 Å². The molecule has 0 unspecified atom stereocenters. The van der Waals surface area contributed by atoms with E-state index in [4.69, 9.17) is 0 Å². The van der Waals surface area contributed by atoms with Gasteiger partial charge in [0.15, 0.2) is 11.8 Å². The minimum Gasteiger partial charge on any atom is -0.479 e. The van der Waals surface area contributed by atoms with Crippen LogP contribution in [0.1, 0.15) is 34.8 Å². The van der Waals surface area contributed by atoms with Crippen molar-refractivity contribution in [1.29, 1.82) is 0 Å². The van der Waals surface area contributed by atoms with Crippen molar-refractivity contribution in [2.45, 2.75) is 18.9 Å². The summed E-state index contributed by atoms with van der Waals surface area (Å²) >= 11 is 0. The normalized spacial score (nSPS) is 11.5. The van der Waals surface area contributed by atoms with Gasteiger partial charge in [-0.2, -0.15) is 0 Å². The van der Waals surface area contributed by atoms with Crippen LogP contribution < -0.4 is 5.32 Å². The summed E-state index contributed by atoms with van der Waals surface area (Å²) < 4.78 is 0. The Morgan fingerprint density at radius 1 is 0.870 bits per heavy atom. The number of carbonyl (C=O) groups excluding carboxylic acids is 2. The van der Waals surface area contributed by atoms with Crippen LogP contribution in [0.4, 0.5) is 0 Å². The maximum atomic E-state index is 11.9. The van der Waals surface area contributed by atoms with Crippen molar-refractivity contribution in [2.75, 3.05) is 0 Å². The van der Waals surface area contributed by atoms with Crippen LogP contribution in [0.15, 0.2) is 60.7 Å².